The molecule has 0 aliphatic heterocycles. The molecule has 0 rings (SSSR count). The minimum Gasteiger partial charge on any atom is -0.480 e. The first-order valence-corrected chi connectivity index (χ1v) is 16.3. The van der Waals surface area contributed by atoms with Crippen LogP contribution in [0.3, 0.4) is 0 Å². The molecule has 11 nitrogen and oxygen atoms in total. The van der Waals surface area contributed by atoms with Crippen molar-refractivity contribution in [1.82, 2.24) is 0 Å². The Hall–Kier alpha value is -1.25. The maximum absolute atomic E-state index is 13.2. The maximum atomic E-state index is 13.2. The van der Waals surface area contributed by atoms with Crippen LogP contribution >= 0.6 is 0 Å². The molecule has 0 aliphatic carbocycles. The molecule has 0 aromatic rings. The highest BCUT2D eigenvalue weighted by Crippen LogP contribution is 2.36. The van der Waals surface area contributed by atoms with Gasteiger partial charge in [0.05, 0.1) is 11.5 Å². The van der Waals surface area contributed by atoms with Gasteiger partial charge in [0, 0.05) is 0 Å². The summed E-state index contributed by atoms with van der Waals surface area (Å²) in [5.41, 5.74) is 0. The fraction of sp³-hybridized carbons (Fsp3) is 0.900. The van der Waals surface area contributed by atoms with Crippen LogP contribution in [0.5, 0.6) is 0 Å². The normalized spacial score (nSPS) is 14.1. The Labute approximate surface area is 202 Å². The average molecular weight is 551 g/mol. The van der Waals surface area contributed by atoms with E-state index >= 15 is 0 Å². The molecule has 0 fully saturated rings. The highest BCUT2D eigenvalue weighted by atomic mass is 32.3. The van der Waals surface area contributed by atoms with Crippen molar-refractivity contribution < 1.29 is 49.6 Å². The van der Waals surface area contributed by atoms with E-state index in [9.17, 15) is 49.6 Å². The Morgan fingerprint density at radius 2 is 0.971 bits per heavy atom. The molecule has 0 saturated carbocycles. The third kappa shape index (κ3) is 8.45. The molecule has 1 atom stereocenters. The van der Waals surface area contributed by atoms with Crippen LogP contribution in [0.2, 0.25) is 0 Å². The quantitative estimate of drug-likeness (QED) is 0.149. The second-order valence-corrected chi connectivity index (χ2v) is 14.7. The summed E-state index contributed by atoms with van der Waals surface area (Å²) in [7, 11) is -16.8. The SMILES string of the molecule is CCCCCCCCS(=O)(=O)C(C(=O)O)(C(C(=O)O)S(=O)(=O)O)S(=O)(=O)CCCCCCCC. The van der Waals surface area contributed by atoms with E-state index in [1.165, 1.54) is 0 Å². The van der Waals surface area contributed by atoms with Crippen molar-refractivity contribution in [3.8, 4) is 0 Å². The molecule has 34 heavy (non-hydrogen) atoms. The molecule has 0 aliphatic rings. The summed E-state index contributed by atoms with van der Waals surface area (Å²) in [4.78, 5) is 24.0. The molecule has 0 amide bonds. The molecular weight excluding hydrogens is 512 g/mol. The maximum Gasteiger partial charge on any atom is 0.343 e. The standard InChI is InChI=1S/C20H38O11S3/c1-3-5-7-9-11-13-15-32(25,26)20(19(23)24,17(18(21)22)34(29,30)31)33(27,28)16-14-12-10-8-6-4-2/h17H,3-16H2,1-2H3,(H,21,22)(H,23,24)(H,29,30,31). The van der Waals surface area contributed by atoms with Gasteiger partial charge in [-0.15, -0.1) is 0 Å². The van der Waals surface area contributed by atoms with Gasteiger partial charge in [-0.1, -0.05) is 78.1 Å². The van der Waals surface area contributed by atoms with E-state index in [4.69, 9.17) is 0 Å². The van der Waals surface area contributed by atoms with Crippen molar-refractivity contribution in [2.45, 2.75) is 100 Å². The van der Waals surface area contributed by atoms with Crippen LogP contribution in [-0.4, -0.2) is 72.8 Å². The predicted molar refractivity (Wildman–Crippen MR) is 128 cm³/mol. The first-order valence-electron chi connectivity index (χ1n) is 11.5. The third-order valence-corrected chi connectivity index (χ3v) is 12.9. The second kappa shape index (κ2) is 14.3. The van der Waals surface area contributed by atoms with Gasteiger partial charge < -0.3 is 10.2 Å². The van der Waals surface area contributed by atoms with Crippen molar-refractivity contribution >= 4 is 41.7 Å². The van der Waals surface area contributed by atoms with Gasteiger partial charge in [-0.2, -0.15) is 8.42 Å². The molecule has 0 aromatic carbocycles. The first-order chi connectivity index (χ1) is 15.6. The lowest BCUT2D eigenvalue weighted by atomic mass is 10.1. The number of carbonyl (C=O) groups is 2. The number of aliphatic carboxylic acids is 2. The number of hydrogen-bond acceptors (Lipinski definition) is 8. The average Bonchev–Trinajstić information content (AvgIpc) is 2.69. The van der Waals surface area contributed by atoms with E-state index in [1.807, 2.05) is 13.8 Å². The van der Waals surface area contributed by atoms with Crippen LogP contribution in [0.25, 0.3) is 0 Å². The molecule has 1 unspecified atom stereocenters. The van der Waals surface area contributed by atoms with Crippen molar-refractivity contribution in [2.75, 3.05) is 11.5 Å². The van der Waals surface area contributed by atoms with Gasteiger partial charge in [-0.25, -0.2) is 21.6 Å². The van der Waals surface area contributed by atoms with E-state index in [0.717, 1.165) is 38.5 Å². The summed E-state index contributed by atoms with van der Waals surface area (Å²) in [5.74, 6) is -7.35. The summed E-state index contributed by atoms with van der Waals surface area (Å²) in [6, 6.07) is 0. The first kappa shape index (κ1) is 32.8. The molecule has 3 N–H and O–H groups in total. The molecule has 0 aromatic heterocycles. The number of carboxylic acids is 2. The zero-order valence-corrected chi connectivity index (χ0v) is 22.3. The second-order valence-electron chi connectivity index (χ2n) is 8.38. The van der Waals surface area contributed by atoms with Crippen LogP contribution in [0.4, 0.5) is 0 Å². The minimum atomic E-state index is -5.96. The lowest BCUT2D eigenvalue weighted by Gasteiger charge is -2.32. The van der Waals surface area contributed by atoms with Crippen molar-refractivity contribution in [1.29, 1.82) is 0 Å². The van der Waals surface area contributed by atoms with Crippen molar-refractivity contribution in [3.63, 3.8) is 0 Å². The van der Waals surface area contributed by atoms with Gasteiger partial charge in [0.15, 0.2) is 19.7 Å². The summed E-state index contributed by atoms with van der Waals surface area (Å²) in [6.45, 7) is 3.92. The number of hydrogen-bond donors (Lipinski definition) is 3. The lowest BCUT2D eigenvalue weighted by molar-refractivity contribution is -0.144. The molecule has 0 heterocycles. The van der Waals surface area contributed by atoms with Gasteiger partial charge in [0.2, 0.25) is 5.25 Å². The fourth-order valence-corrected chi connectivity index (χ4v) is 11.4. The molecule has 0 bridgehead atoms. The Morgan fingerprint density at radius 3 is 1.24 bits per heavy atom. The van der Waals surface area contributed by atoms with E-state index in [-0.39, 0.29) is 25.7 Å². The summed E-state index contributed by atoms with van der Waals surface area (Å²) >= 11 is 0. The summed E-state index contributed by atoms with van der Waals surface area (Å²) in [6.07, 6.45) is 6.45. The van der Waals surface area contributed by atoms with E-state index in [2.05, 4.69) is 0 Å². The van der Waals surface area contributed by atoms with Crippen molar-refractivity contribution in [3.05, 3.63) is 0 Å². The van der Waals surface area contributed by atoms with Gasteiger partial charge in [-0.3, -0.25) is 9.35 Å². The minimum absolute atomic E-state index is 0.189. The van der Waals surface area contributed by atoms with Crippen LogP contribution in [-0.2, 0) is 39.4 Å². The van der Waals surface area contributed by atoms with Crippen LogP contribution in [0, 0.1) is 0 Å². The zero-order valence-electron chi connectivity index (χ0n) is 19.8. The highest BCUT2D eigenvalue weighted by molar-refractivity contribution is 8.12. The topological polar surface area (TPSA) is 197 Å². The van der Waals surface area contributed by atoms with E-state index in [0.29, 0.717) is 12.8 Å². The molecule has 14 heteroatoms. The smallest absolute Gasteiger partial charge is 0.343 e. The van der Waals surface area contributed by atoms with Crippen LogP contribution < -0.4 is 0 Å². The number of unbranched alkanes of at least 4 members (excludes halogenated alkanes) is 10. The summed E-state index contributed by atoms with van der Waals surface area (Å²) in [5, 5.41) is 15.6. The monoisotopic (exact) mass is 550 g/mol. The van der Waals surface area contributed by atoms with Gasteiger partial charge in [0.1, 0.15) is 0 Å². The Morgan fingerprint density at radius 1 is 0.647 bits per heavy atom. The Balaban J connectivity index is 6.36. The van der Waals surface area contributed by atoms with E-state index in [1.54, 1.807) is 0 Å². The van der Waals surface area contributed by atoms with Crippen LogP contribution in [0.15, 0.2) is 0 Å². The predicted octanol–water partition coefficient (Wildman–Crippen LogP) is 2.66. The third-order valence-electron chi connectivity index (χ3n) is 5.62. The van der Waals surface area contributed by atoms with Gasteiger partial charge >= 0.3 is 11.9 Å². The Kier molecular flexibility index (Phi) is 13.8. The fourth-order valence-electron chi connectivity index (χ4n) is 3.83. The van der Waals surface area contributed by atoms with Crippen LogP contribution in [0.1, 0.15) is 90.9 Å². The number of sulfone groups is 2. The van der Waals surface area contributed by atoms with E-state index < -0.39 is 62.6 Å². The molecule has 0 saturated heterocycles. The molecule has 0 radical (unpaired) electrons. The molecule has 202 valence electrons. The van der Waals surface area contributed by atoms with Crippen molar-refractivity contribution in [2.24, 2.45) is 0 Å². The van der Waals surface area contributed by atoms with Gasteiger partial charge in [0.25, 0.3) is 14.2 Å². The molecular formula is C20H38O11S3. The zero-order chi connectivity index (χ0) is 26.6. The largest absolute Gasteiger partial charge is 0.480 e. The molecule has 0 spiro atoms. The highest BCUT2D eigenvalue weighted by Gasteiger charge is 2.72. The number of rotatable bonds is 20. The Bertz CT molecular complexity index is 921. The van der Waals surface area contributed by atoms with Gasteiger partial charge in [-0.05, 0) is 12.8 Å². The number of carboxylic acid groups (broad SMARTS) is 2. The summed E-state index contributed by atoms with van der Waals surface area (Å²) < 4.78 is 81.8. The lowest BCUT2D eigenvalue weighted by Crippen LogP contribution is -2.66.